The summed E-state index contributed by atoms with van der Waals surface area (Å²) < 4.78 is 5.61. The molecule has 4 rings (SSSR count). The number of carboxylic acids is 1. The molecule has 2 aliphatic rings. The lowest BCUT2D eigenvalue weighted by Crippen LogP contribution is -2.29. The highest BCUT2D eigenvalue weighted by Gasteiger charge is 2.47. The van der Waals surface area contributed by atoms with E-state index in [4.69, 9.17) is 16.0 Å². The minimum atomic E-state index is -0.811. The van der Waals surface area contributed by atoms with Crippen LogP contribution in [0.15, 0.2) is 28.7 Å². The molecule has 1 saturated heterocycles. The van der Waals surface area contributed by atoms with E-state index >= 15 is 0 Å². The highest BCUT2D eigenvalue weighted by atomic mass is 35.5. The lowest BCUT2D eigenvalue weighted by atomic mass is 9.92. The molecular weight excluding hydrogens is 318 g/mol. The van der Waals surface area contributed by atoms with Crippen molar-refractivity contribution in [1.82, 2.24) is 4.90 Å². The summed E-state index contributed by atoms with van der Waals surface area (Å²) in [7, 11) is 0. The Hall–Kier alpha value is -2.01. The molecule has 23 heavy (non-hydrogen) atoms. The molecule has 1 aromatic carbocycles. The average Bonchev–Trinajstić information content (AvgIpc) is 3.11. The van der Waals surface area contributed by atoms with Crippen LogP contribution in [0.4, 0.5) is 0 Å². The number of hydrogen-bond donors (Lipinski definition) is 1. The molecule has 1 saturated carbocycles. The molecule has 1 N–H and O–H groups in total. The molecule has 1 aliphatic carbocycles. The number of fused-ring (bicyclic) bond motifs is 1. The molecule has 2 atom stereocenters. The second-order valence-electron chi connectivity index (χ2n) is 6.45. The van der Waals surface area contributed by atoms with Gasteiger partial charge in [0.05, 0.1) is 5.92 Å². The fourth-order valence-electron chi connectivity index (χ4n) is 3.53. The van der Waals surface area contributed by atoms with E-state index < -0.39 is 11.9 Å². The van der Waals surface area contributed by atoms with Gasteiger partial charge in [-0.25, -0.2) is 0 Å². The van der Waals surface area contributed by atoms with E-state index in [9.17, 15) is 14.7 Å². The van der Waals surface area contributed by atoms with Gasteiger partial charge in [0.1, 0.15) is 5.58 Å². The Labute approximate surface area is 137 Å². The summed E-state index contributed by atoms with van der Waals surface area (Å²) in [5, 5.41) is 10.8. The second-order valence-corrected chi connectivity index (χ2v) is 6.89. The van der Waals surface area contributed by atoms with Gasteiger partial charge in [-0.15, -0.1) is 0 Å². The summed E-state index contributed by atoms with van der Waals surface area (Å²) in [6.07, 6.45) is 2.14. The van der Waals surface area contributed by atoms with Crippen molar-refractivity contribution < 1.29 is 19.1 Å². The molecule has 0 unspecified atom stereocenters. The van der Waals surface area contributed by atoms with Crippen LogP contribution < -0.4 is 0 Å². The van der Waals surface area contributed by atoms with Gasteiger partial charge in [-0.05, 0) is 48.9 Å². The highest BCUT2D eigenvalue weighted by molar-refractivity contribution is 6.31. The van der Waals surface area contributed by atoms with E-state index in [1.54, 1.807) is 29.2 Å². The summed E-state index contributed by atoms with van der Waals surface area (Å²) in [6, 6.07) is 6.85. The number of furan rings is 1. The third kappa shape index (κ3) is 2.59. The van der Waals surface area contributed by atoms with Gasteiger partial charge in [0, 0.05) is 23.5 Å². The first-order valence-electron chi connectivity index (χ1n) is 7.74. The molecule has 2 heterocycles. The van der Waals surface area contributed by atoms with Crippen LogP contribution in [-0.4, -0.2) is 35.0 Å². The van der Waals surface area contributed by atoms with E-state index in [1.165, 1.54) is 0 Å². The second kappa shape index (κ2) is 5.27. The Kier molecular flexibility index (Phi) is 3.34. The lowest BCUT2D eigenvalue weighted by Gasteiger charge is -2.14. The lowest BCUT2D eigenvalue weighted by molar-refractivity contribution is -0.142. The van der Waals surface area contributed by atoms with Gasteiger partial charge in [0.2, 0.25) is 0 Å². The zero-order chi connectivity index (χ0) is 16.1. The van der Waals surface area contributed by atoms with Crippen LogP contribution in [0.25, 0.3) is 11.0 Å². The summed E-state index contributed by atoms with van der Waals surface area (Å²) in [5.74, 6) is -0.771. The number of likely N-dealkylation sites (tertiary alicyclic amines) is 1. The Morgan fingerprint density at radius 1 is 1.22 bits per heavy atom. The van der Waals surface area contributed by atoms with Gasteiger partial charge in [0.15, 0.2) is 5.76 Å². The largest absolute Gasteiger partial charge is 0.481 e. The average molecular weight is 334 g/mol. The van der Waals surface area contributed by atoms with Gasteiger partial charge < -0.3 is 14.4 Å². The monoisotopic (exact) mass is 333 g/mol. The third-order valence-corrected chi connectivity index (χ3v) is 5.12. The Bertz CT molecular complexity index is 795. The Morgan fingerprint density at radius 3 is 2.70 bits per heavy atom. The van der Waals surface area contributed by atoms with Gasteiger partial charge in [-0.1, -0.05) is 11.6 Å². The molecule has 120 valence electrons. The van der Waals surface area contributed by atoms with Crippen molar-refractivity contribution in [3.63, 3.8) is 0 Å². The van der Waals surface area contributed by atoms with E-state index in [-0.39, 0.29) is 24.1 Å². The number of aliphatic carboxylic acids is 1. The maximum atomic E-state index is 12.7. The Balaban J connectivity index is 1.59. The zero-order valence-electron chi connectivity index (χ0n) is 12.4. The quantitative estimate of drug-likeness (QED) is 0.935. The molecule has 6 heteroatoms. The van der Waals surface area contributed by atoms with E-state index in [0.717, 1.165) is 18.2 Å². The highest BCUT2D eigenvalue weighted by Crippen LogP contribution is 2.44. The molecule has 2 aromatic rings. The van der Waals surface area contributed by atoms with Crippen LogP contribution in [0.5, 0.6) is 0 Å². The maximum absolute atomic E-state index is 12.7. The molecule has 0 bridgehead atoms. The van der Waals surface area contributed by atoms with E-state index in [2.05, 4.69) is 0 Å². The maximum Gasteiger partial charge on any atom is 0.308 e. The molecule has 0 spiro atoms. The number of halogens is 1. The van der Waals surface area contributed by atoms with Gasteiger partial charge >= 0.3 is 5.97 Å². The molecule has 1 amide bonds. The summed E-state index contributed by atoms with van der Waals surface area (Å²) in [4.78, 5) is 25.7. The SMILES string of the molecule is O=C(O)[C@H]1CN(C(=O)c2cc3cc(Cl)ccc3o2)C[C@@H]1C1CC1. The predicted octanol–water partition coefficient (Wildman–Crippen LogP) is 3.27. The molecule has 0 radical (unpaired) electrons. The van der Waals surface area contributed by atoms with Crippen molar-refractivity contribution in [3.8, 4) is 0 Å². The minimum absolute atomic E-state index is 0.0651. The van der Waals surface area contributed by atoms with Crippen molar-refractivity contribution in [2.24, 2.45) is 17.8 Å². The number of rotatable bonds is 3. The van der Waals surface area contributed by atoms with Crippen LogP contribution in [0.2, 0.25) is 5.02 Å². The number of carboxylic acid groups (broad SMARTS) is 1. The number of benzene rings is 1. The van der Waals surface area contributed by atoms with Gasteiger partial charge in [-0.2, -0.15) is 0 Å². The minimum Gasteiger partial charge on any atom is -0.481 e. The molecule has 1 aliphatic heterocycles. The molecule has 1 aromatic heterocycles. The van der Waals surface area contributed by atoms with Crippen molar-refractivity contribution in [3.05, 3.63) is 35.0 Å². The fraction of sp³-hybridized carbons (Fsp3) is 0.412. The fourth-order valence-corrected chi connectivity index (χ4v) is 3.71. The molecule has 2 fully saturated rings. The van der Waals surface area contributed by atoms with Crippen LogP contribution in [0.3, 0.4) is 0 Å². The number of hydrogen-bond acceptors (Lipinski definition) is 3. The summed E-state index contributed by atoms with van der Waals surface area (Å²) >= 11 is 5.95. The van der Waals surface area contributed by atoms with Crippen molar-refractivity contribution in [2.45, 2.75) is 12.8 Å². The van der Waals surface area contributed by atoms with Crippen molar-refractivity contribution in [1.29, 1.82) is 0 Å². The zero-order valence-corrected chi connectivity index (χ0v) is 13.1. The summed E-state index contributed by atoms with van der Waals surface area (Å²) in [6.45, 7) is 0.755. The molecule has 5 nitrogen and oxygen atoms in total. The molecular formula is C17H16ClNO4. The standard InChI is InChI=1S/C17H16ClNO4/c18-11-3-4-14-10(5-11)6-15(23-14)16(20)19-7-12(9-1-2-9)13(8-19)17(21)22/h3-6,9,12-13H,1-2,7-8H2,(H,21,22)/t12-,13+/m1/s1. The first-order valence-corrected chi connectivity index (χ1v) is 8.12. The van der Waals surface area contributed by atoms with Crippen molar-refractivity contribution >= 4 is 34.4 Å². The smallest absolute Gasteiger partial charge is 0.308 e. The topological polar surface area (TPSA) is 70.8 Å². The Morgan fingerprint density at radius 2 is 2.00 bits per heavy atom. The van der Waals surface area contributed by atoms with Crippen molar-refractivity contribution in [2.75, 3.05) is 13.1 Å². The van der Waals surface area contributed by atoms with Crippen LogP contribution in [0, 0.1) is 17.8 Å². The van der Waals surface area contributed by atoms with E-state index in [1.807, 2.05) is 0 Å². The van der Waals surface area contributed by atoms with E-state index in [0.29, 0.717) is 23.1 Å². The normalized spacial score (nSPS) is 24.3. The van der Waals surface area contributed by atoms with Gasteiger partial charge in [-0.3, -0.25) is 9.59 Å². The van der Waals surface area contributed by atoms with Gasteiger partial charge in [0.25, 0.3) is 5.91 Å². The first kappa shape index (κ1) is 14.6. The number of carbonyl (C=O) groups is 2. The first-order chi connectivity index (χ1) is 11.0. The van der Waals surface area contributed by atoms with Crippen LogP contribution in [0.1, 0.15) is 23.4 Å². The number of nitrogens with zero attached hydrogens (tertiary/aromatic N) is 1. The summed E-state index contributed by atoms with van der Waals surface area (Å²) in [5.41, 5.74) is 0.602. The number of amides is 1. The predicted molar refractivity (Wildman–Crippen MR) is 84.5 cm³/mol. The van der Waals surface area contributed by atoms with Crippen LogP contribution in [-0.2, 0) is 4.79 Å². The third-order valence-electron chi connectivity index (χ3n) is 4.89. The van der Waals surface area contributed by atoms with Crippen LogP contribution >= 0.6 is 11.6 Å². The number of carbonyl (C=O) groups excluding carboxylic acids is 1.